The van der Waals surface area contributed by atoms with Crippen LogP contribution in [0.5, 0.6) is 0 Å². The van der Waals surface area contributed by atoms with Gasteiger partial charge in [-0.15, -0.1) is 0 Å². The number of nitrogens with one attached hydrogen (secondary N) is 1. The molecule has 6 heteroatoms. The van der Waals surface area contributed by atoms with Gasteiger partial charge in [-0.3, -0.25) is 4.79 Å². The first kappa shape index (κ1) is 17.4. The molecule has 5 nitrogen and oxygen atoms in total. The summed E-state index contributed by atoms with van der Waals surface area (Å²) >= 11 is 0. The zero-order valence-corrected chi connectivity index (χ0v) is 15.2. The average Bonchev–Trinajstić information content (AvgIpc) is 3.04. The number of benzene rings is 1. The first-order valence-electron chi connectivity index (χ1n) is 8.75. The molecule has 1 amide bonds. The van der Waals surface area contributed by atoms with Crippen LogP contribution >= 0.6 is 0 Å². The minimum absolute atomic E-state index is 0.119. The summed E-state index contributed by atoms with van der Waals surface area (Å²) in [5.74, 6) is -0.192. The van der Waals surface area contributed by atoms with Crippen molar-refractivity contribution < 1.29 is 13.2 Å². The zero-order valence-electron chi connectivity index (χ0n) is 14.4. The minimum atomic E-state index is -3.34. The standard InChI is InChI=1S/C18H26N2O3S/c1-13(15-10-9-14-6-3-4-7-16(14)12-15)19-18(21)17-8-5-11-20(17)24(2,22)23/h9-10,12-13,17H,3-8,11H2,1-2H3,(H,19,21). The summed E-state index contributed by atoms with van der Waals surface area (Å²) in [5, 5.41) is 3.00. The molecule has 1 aliphatic heterocycles. The minimum Gasteiger partial charge on any atom is -0.348 e. The number of nitrogens with zero attached hydrogens (tertiary/aromatic N) is 1. The van der Waals surface area contributed by atoms with Gasteiger partial charge in [-0.1, -0.05) is 18.2 Å². The van der Waals surface area contributed by atoms with Gasteiger partial charge in [-0.25, -0.2) is 8.42 Å². The Bertz CT molecular complexity index is 730. The van der Waals surface area contributed by atoms with Crippen LogP contribution in [0, 0.1) is 0 Å². The molecule has 1 heterocycles. The molecule has 2 atom stereocenters. The number of carbonyl (C=O) groups excluding carboxylic acids is 1. The van der Waals surface area contributed by atoms with Crippen LogP contribution in [0.1, 0.15) is 55.3 Å². The first-order chi connectivity index (χ1) is 11.4. The topological polar surface area (TPSA) is 66.5 Å². The predicted molar refractivity (Wildman–Crippen MR) is 94.2 cm³/mol. The highest BCUT2D eigenvalue weighted by Crippen LogP contribution is 2.26. The van der Waals surface area contributed by atoms with Crippen LogP contribution in [0.15, 0.2) is 18.2 Å². The summed E-state index contributed by atoms with van der Waals surface area (Å²) in [4.78, 5) is 12.6. The van der Waals surface area contributed by atoms with Crippen molar-refractivity contribution in [3.8, 4) is 0 Å². The second-order valence-corrected chi connectivity index (χ2v) is 8.93. The lowest BCUT2D eigenvalue weighted by Crippen LogP contribution is -2.46. The largest absolute Gasteiger partial charge is 0.348 e. The third kappa shape index (κ3) is 3.64. The highest BCUT2D eigenvalue weighted by molar-refractivity contribution is 7.88. The zero-order chi connectivity index (χ0) is 17.3. The van der Waals surface area contributed by atoms with E-state index in [-0.39, 0.29) is 11.9 Å². The summed E-state index contributed by atoms with van der Waals surface area (Å²) in [6, 6.07) is 5.76. The lowest BCUT2D eigenvalue weighted by atomic mass is 9.89. The van der Waals surface area contributed by atoms with E-state index in [0.717, 1.165) is 24.8 Å². The van der Waals surface area contributed by atoms with Gasteiger partial charge in [0.05, 0.1) is 12.3 Å². The predicted octanol–water partition coefficient (Wildman–Crippen LogP) is 2.17. The van der Waals surface area contributed by atoms with E-state index in [4.69, 9.17) is 0 Å². The van der Waals surface area contributed by atoms with Crippen LogP contribution < -0.4 is 5.32 Å². The Balaban J connectivity index is 1.70. The molecule has 1 N–H and O–H groups in total. The van der Waals surface area contributed by atoms with E-state index < -0.39 is 16.1 Å². The molecule has 1 saturated heterocycles. The van der Waals surface area contributed by atoms with Crippen LogP contribution in [-0.2, 0) is 27.7 Å². The summed E-state index contributed by atoms with van der Waals surface area (Å²) in [7, 11) is -3.34. The molecule has 1 aromatic carbocycles. The van der Waals surface area contributed by atoms with Crippen molar-refractivity contribution in [2.75, 3.05) is 12.8 Å². The second-order valence-electron chi connectivity index (χ2n) is 7.00. The van der Waals surface area contributed by atoms with Crippen molar-refractivity contribution in [1.82, 2.24) is 9.62 Å². The molecule has 1 fully saturated rings. The van der Waals surface area contributed by atoms with Crippen molar-refractivity contribution in [1.29, 1.82) is 0 Å². The van der Waals surface area contributed by atoms with Crippen LogP contribution in [0.3, 0.4) is 0 Å². The van der Waals surface area contributed by atoms with Crippen molar-refractivity contribution >= 4 is 15.9 Å². The Morgan fingerprint density at radius 2 is 1.92 bits per heavy atom. The van der Waals surface area contributed by atoms with Crippen LogP contribution in [0.4, 0.5) is 0 Å². The molecule has 1 aliphatic carbocycles. The van der Waals surface area contributed by atoms with Gasteiger partial charge in [0.15, 0.2) is 0 Å². The van der Waals surface area contributed by atoms with E-state index in [1.807, 2.05) is 6.92 Å². The van der Waals surface area contributed by atoms with Crippen molar-refractivity contribution in [3.63, 3.8) is 0 Å². The highest BCUT2D eigenvalue weighted by Gasteiger charge is 2.36. The fraction of sp³-hybridized carbons (Fsp3) is 0.611. The number of fused-ring (bicyclic) bond motifs is 1. The number of rotatable bonds is 4. The third-order valence-electron chi connectivity index (χ3n) is 5.16. The van der Waals surface area contributed by atoms with E-state index in [1.165, 1.54) is 34.5 Å². The van der Waals surface area contributed by atoms with Gasteiger partial charge in [0.2, 0.25) is 15.9 Å². The molecule has 0 spiro atoms. The smallest absolute Gasteiger partial charge is 0.238 e. The number of hydrogen-bond acceptors (Lipinski definition) is 3. The Morgan fingerprint density at radius 3 is 2.62 bits per heavy atom. The van der Waals surface area contributed by atoms with Crippen molar-refractivity contribution in [2.24, 2.45) is 0 Å². The second kappa shape index (κ2) is 6.84. The van der Waals surface area contributed by atoms with Crippen LogP contribution in [-0.4, -0.2) is 37.5 Å². The molecular formula is C18H26N2O3S. The Morgan fingerprint density at radius 1 is 1.21 bits per heavy atom. The first-order valence-corrected chi connectivity index (χ1v) is 10.6. The van der Waals surface area contributed by atoms with Gasteiger partial charge in [-0.2, -0.15) is 4.31 Å². The van der Waals surface area contributed by atoms with Gasteiger partial charge in [-0.05, 0) is 62.1 Å². The van der Waals surface area contributed by atoms with E-state index in [2.05, 4.69) is 23.5 Å². The van der Waals surface area contributed by atoms with Gasteiger partial charge in [0.1, 0.15) is 6.04 Å². The molecular weight excluding hydrogens is 324 g/mol. The number of aryl methyl sites for hydroxylation is 2. The fourth-order valence-electron chi connectivity index (χ4n) is 3.81. The van der Waals surface area contributed by atoms with Crippen molar-refractivity contribution in [3.05, 3.63) is 34.9 Å². The molecule has 0 radical (unpaired) electrons. The fourth-order valence-corrected chi connectivity index (χ4v) is 4.94. The number of sulfonamides is 1. The van der Waals surface area contributed by atoms with E-state index >= 15 is 0 Å². The molecule has 1 aromatic rings. The number of amides is 1. The molecule has 2 unspecified atom stereocenters. The third-order valence-corrected chi connectivity index (χ3v) is 6.45. The Labute approximate surface area is 144 Å². The molecule has 0 bridgehead atoms. The van der Waals surface area contributed by atoms with Gasteiger partial charge < -0.3 is 5.32 Å². The molecule has 24 heavy (non-hydrogen) atoms. The normalized spacial score (nSPS) is 22.8. The number of carbonyl (C=O) groups is 1. The van der Waals surface area contributed by atoms with Crippen LogP contribution in [0.2, 0.25) is 0 Å². The summed E-state index contributed by atoms with van der Waals surface area (Å²) in [6.45, 7) is 2.40. The lowest BCUT2D eigenvalue weighted by Gasteiger charge is -2.24. The maximum absolute atomic E-state index is 12.6. The van der Waals surface area contributed by atoms with Gasteiger partial charge >= 0.3 is 0 Å². The molecule has 2 aliphatic rings. The van der Waals surface area contributed by atoms with Gasteiger partial charge in [0, 0.05) is 6.54 Å². The maximum atomic E-state index is 12.6. The molecule has 132 valence electrons. The summed E-state index contributed by atoms with van der Waals surface area (Å²) in [5.41, 5.74) is 3.90. The Kier molecular flexibility index (Phi) is 4.97. The highest BCUT2D eigenvalue weighted by atomic mass is 32.2. The SMILES string of the molecule is CC(NC(=O)C1CCCN1S(C)(=O)=O)c1ccc2c(c1)CCCC2. The van der Waals surface area contributed by atoms with Crippen LogP contribution in [0.25, 0.3) is 0 Å². The quantitative estimate of drug-likeness (QED) is 0.905. The van der Waals surface area contributed by atoms with E-state index in [0.29, 0.717) is 13.0 Å². The van der Waals surface area contributed by atoms with E-state index in [1.54, 1.807) is 0 Å². The molecule has 0 saturated carbocycles. The van der Waals surface area contributed by atoms with E-state index in [9.17, 15) is 13.2 Å². The summed E-state index contributed by atoms with van der Waals surface area (Å²) in [6.07, 6.45) is 7.22. The van der Waals surface area contributed by atoms with Crippen molar-refractivity contribution in [2.45, 2.75) is 57.5 Å². The van der Waals surface area contributed by atoms with Gasteiger partial charge in [0.25, 0.3) is 0 Å². The monoisotopic (exact) mass is 350 g/mol. The molecule has 3 rings (SSSR count). The summed E-state index contributed by atoms with van der Waals surface area (Å²) < 4.78 is 24.9. The molecule has 0 aromatic heterocycles. The average molecular weight is 350 g/mol. The maximum Gasteiger partial charge on any atom is 0.238 e. The Hall–Kier alpha value is -1.40. The lowest BCUT2D eigenvalue weighted by molar-refractivity contribution is -0.124. The number of hydrogen-bond donors (Lipinski definition) is 1.